The smallest absolute Gasteiger partial charge is 0.311 e. The summed E-state index contributed by atoms with van der Waals surface area (Å²) in [5.74, 6) is 0.319. The van der Waals surface area contributed by atoms with Gasteiger partial charge in [0.25, 0.3) is 0 Å². The van der Waals surface area contributed by atoms with Gasteiger partial charge in [-0.25, -0.2) is 4.98 Å². The number of esters is 1. The maximum absolute atomic E-state index is 12.6. The molecule has 1 fully saturated rings. The number of amides is 1. The fourth-order valence-electron chi connectivity index (χ4n) is 3.67. The number of ether oxygens (including phenoxy) is 1. The Morgan fingerprint density at radius 3 is 2.69 bits per heavy atom. The van der Waals surface area contributed by atoms with Gasteiger partial charge in [-0.15, -0.1) is 11.3 Å². The number of thiazole rings is 1. The minimum absolute atomic E-state index is 0.0523. The fourth-order valence-corrected chi connectivity index (χ4v) is 4.39. The van der Waals surface area contributed by atoms with Crippen LogP contribution in [0.5, 0.6) is 0 Å². The summed E-state index contributed by atoms with van der Waals surface area (Å²) in [4.78, 5) is 30.8. The zero-order valence-corrected chi connectivity index (χ0v) is 17.9. The summed E-state index contributed by atoms with van der Waals surface area (Å²) in [6.45, 7) is 5.93. The van der Waals surface area contributed by atoms with Crippen LogP contribution < -0.4 is 5.32 Å². The van der Waals surface area contributed by atoms with Crippen molar-refractivity contribution in [2.24, 2.45) is 5.92 Å². The molecule has 1 atom stereocenters. The van der Waals surface area contributed by atoms with E-state index in [1.54, 1.807) is 12.3 Å². The van der Waals surface area contributed by atoms with Crippen molar-refractivity contribution in [3.05, 3.63) is 47.0 Å². The Morgan fingerprint density at radius 2 is 2.00 bits per heavy atom. The standard InChI is InChI=1S/C22H29N3O3S/c1-3-28-20(26)14-19-15-29-22(23-19)24-21(27)16(2)25-11-9-18(10-12-25)13-17-7-5-4-6-8-17/h4-8,15-16,18H,3,9-14H2,1-2H3,(H,23,24,27). The third-order valence-corrected chi connectivity index (χ3v) is 6.16. The lowest BCUT2D eigenvalue weighted by Gasteiger charge is -2.35. The zero-order chi connectivity index (χ0) is 20.6. The number of aromatic nitrogens is 1. The van der Waals surface area contributed by atoms with Gasteiger partial charge >= 0.3 is 5.97 Å². The second-order valence-corrected chi connectivity index (χ2v) is 8.32. The Morgan fingerprint density at radius 1 is 1.28 bits per heavy atom. The van der Waals surface area contributed by atoms with E-state index in [2.05, 4.69) is 45.5 Å². The van der Waals surface area contributed by atoms with E-state index in [0.717, 1.165) is 32.4 Å². The molecule has 2 heterocycles. The molecular formula is C22H29N3O3S. The van der Waals surface area contributed by atoms with Crippen LogP contribution in [-0.2, 0) is 27.2 Å². The first-order valence-electron chi connectivity index (χ1n) is 10.2. The number of rotatable bonds is 8. The number of hydrogen-bond donors (Lipinski definition) is 1. The Labute approximate surface area is 176 Å². The van der Waals surface area contributed by atoms with Gasteiger partial charge in [-0.2, -0.15) is 0 Å². The number of likely N-dealkylation sites (tertiary alicyclic amines) is 1. The Bertz CT molecular complexity index is 801. The van der Waals surface area contributed by atoms with Crippen LogP contribution in [0, 0.1) is 5.92 Å². The number of carbonyl (C=O) groups is 2. The molecule has 0 spiro atoms. The van der Waals surface area contributed by atoms with Gasteiger partial charge in [0, 0.05) is 5.38 Å². The van der Waals surface area contributed by atoms with Gasteiger partial charge < -0.3 is 10.1 Å². The van der Waals surface area contributed by atoms with E-state index < -0.39 is 0 Å². The third-order valence-electron chi connectivity index (χ3n) is 5.36. The van der Waals surface area contributed by atoms with Crippen LogP contribution >= 0.6 is 11.3 Å². The number of nitrogens with one attached hydrogen (secondary N) is 1. The molecule has 156 valence electrons. The van der Waals surface area contributed by atoms with Crippen LogP contribution in [0.1, 0.15) is 37.9 Å². The molecule has 0 bridgehead atoms. The summed E-state index contributed by atoms with van der Waals surface area (Å²) in [5.41, 5.74) is 2.01. The van der Waals surface area contributed by atoms with Gasteiger partial charge in [0.2, 0.25) is 5.91 Å². The van der Waals surface area contributed by atoms with Crippen LogP contribution in [0.25, 0.3) is 0 Å². The highest BCUT2D eigenvalue weighted by molar-refractivity contribution is 7.13. The topological polar surface area (TPSA) is 71.5 Å². The Balaban J connectivity index is 1.45. The highest BCUT2D eigenvalue weighted by Gasteiger charge is 2.27. The summed E-state index contributed by atoms with van der Waals surface area (Å²) in [7, 11) is 0. The van der Waals surface area contributed by atoms with Crippen molar-refractivity contribution in [2.75, 3.05) is 25.0 Å². The van der Waals surface area contributed by atoms with Gasteiger partial charge in [0.05, 0.1) is 24.8 Å². The average Bonchev–Trinajstić information content (AvgIpc) is 3.15. The molecule has 1 aliphatic rings. The van der Waals surface area contributed by atoms with Crippen molar-refractivity contribution in [1.82, 2.24) is 9.88 Å². The number of hydrogen-bond acceptors (Lipinski definition) is 6. The van der Waals surface area contributed by atoms with Crippen LogP contribution in [0.4, 0.5) is 5.13 Å². The minimum Gasteiger partial charge on any atom is -0.466 e. The minimum atomic E-state index is -0.303. The first-order chi connectivity index (χ1) is 14.0. The molecule has 1 saturated heterocycles. The largest absolute Gasteiger partial charge is 0.466 e. The van der Waals surface area contributed by atoms with Crippen molar-refractivity contribution < 1.29 is 14.3 Å². The Kier molecular flexibility index (Phi) is 7.77. The van der Waals surface area contributed by atoms with E-state index in [1.807, 2.05) is 6.92 Å². The Hall–Kier alpha value is -2.25. The first-order valence-corrected chi connectivity index (χ1v) is 11.1. The van der Waals surface area contributed by atoms with E-state index in [4.69, 9.17) is 4.74 Å². The fraction of sp³-hybridized carbons (Fsp3) is 0.500. The zero-order valence-electron chi connectivity index (χ0n) is 17.1. The number of nitrogens with zero attached hydrogens (tertiary/aromatic N) is 2. The molecule has 1 aromatic heterocycles. The van der Waals surface area contributed by atoms with Crippen LogP contribution in [0.3, 0.4) is 0 Å². The van der Waals surface area contributed by atoms with Crippen LogP contribution in [0.2, 0.25) is 0 Å². The van der Waals surface area contributed by atoms with Gasteiger partial charge in [-0.1, -0.05) is 30.3 Å². The number of carbonyl (C=O) groups excluding carboxylic acids is 2. The molecular weight excluding hydrogens is 386 g/mol. The SMILES string of the molecule is CCOC(=O)Cc1csc(NC(=O)C(C)N2CCC(Cc3ccccc3)CC2)n1. The second kappa shape index (κ2) is 10.5. The summed E-state index contributed by atoms with van der Waals surface area (Å²) in [6.07, 6.45) is 3.45. The summed E-state index contributed by atoms with van der Waals surface area (Å²) >= 11 is 1.33. The normalized spacial score (nSPS) is 16.3. The lowest BCUT2D eigenvalue weighted by Crippen LogP contribution is -2.46. The highest BCUT2D eigenvalue weighted by Crippen LogP contribution is 2.24. The molecule has 1 unspecified atom stereocenters. The molecule has 3 rings (SSSR count). The average molecular weight is 416 g/mol. The van der Waals surface area contributed by atoms with Crippen molar-refractivity contribution in [3.63, 3.8) is 0 Å². The molecule has 1 amide bonds. The predicted molar refractivity (Wildman–Crippen MR) is 115 cm³/mol. The molecule has 1 aliphatic heterocycles. The van der Waals surface area contributed by atoms with Crippen molar-refractivity contribution in [1.29, 1.82) is 0 Å². The summed E-state index contributed by atoms with van der Waals surface area (Å²) in [5, 5.41) is 5.20. The number of piperidine rings is 1. The maximum Gasteiger partial charge on any atom is 0.311 e. The lowest BCUT2D eigenvalue weighted by atomic mass is 9.89. The van der Waals surface area contributed by atoms with E-state index >= 15 is 0 Å². The molecule has 2 aromatic rings. The van der Waals surface area contributed by atoms with E-state index in [-0.39, 0.29) is 24.3 Å². The first kappa shape index (κ1) is 21.5. The molecule has 1 aromatic carbocycles. The molecule has 29 heavy (non-hydrogen) atoms. The van der Waals surface area contributed by atoms with Gasteiger partial charge in [-0.3, -0.25) is 14.5 Å². The monoisotopic (exact) mass is 415 g/mol. The van der Waals surface area contributed by atoms with Crippen LogP contribution in [-0.4, -0.2) is 47.5 Å². The predicted octanol–water partition coefficient (Wildman–Crippen LogP) is 3.53. The summed E-state index contributed by atoms with van der Waals surface area (Å²) < 4.78 is 4.93. The van der Waals surface area contributed by atoms with Crippen molar-refractivity contribution in [3.8, 4) is 0 Å². The quantitative estimate of drug-likeness (QED) is 0.668. The van der Waals surface area contributed by atoms with Gasteiger partial charge in [0.15, 0.2) is 5.13 Å². The third kappa shape index (κ3) is 6.37. The number of benzene rings is 1. The van der Waals surface area contributed by atoms with E-state index in [9.17, 15) is 9.59 Å². The van der Waals surface area contributed by atoms with E-state index in [1.165, 1.54) is 16.9 Å². The van der Waals surface area contributed by atoms with E-state index in [0.29, 0.717) is 23.4 Å². The lowest BCUT2D eigenvalue weighted by molar-refractivity contribution is -0.142. The molecule has 1 N–H and O–H groups in total. The van der Waals surface area contributed by atoms with Gasteiger partial charge in [-0.05, 0) is 57.7 Å². The molecule has 6 nitrogen and oxygen atoms in total. The maximum atomic E-state index is 12.6. The molecule has 0 saturated carbocycles. The number of anilines is 1. The highest BCUT2D eigenvalue weighted by atomic mass is 32.1. The van der Waals surface area contributed by atoms with Crippen molar-refractivity contribution in [2.45, 2.75) is 45.6 Å². The molecule has 0 radical (unpaired) electrons. The summed E-state index contributed by atoms with van der Waals surface area (Å²) in [6, 6.07) is 10.4. The van der Waals surface area contributed by atoms with Crippen molar-refractivity contribution >= 4 is 28.3 Å². The second-order valence-electron chi connectivity index (χ2n) is 7.46. The van der Waals surface area contributed by atoms with Crippen LogP contribution in [0.15, 0.2) is 35.7 Å². The molecule has 7 heteroatoms. The van der Waals surface area contributed by atoms with Gasteiger partial charge in [0.1, 0.15) is 0 Å². The molecule has 0 aliphatic carbocycles.